The van der Waals surface area contributed by atoms with Crippen LogP contribution in [-0.2, 0) is 32.6 Å². The van der Waals surface area contributed by atoms with Crippen molar-refractivity contribution >= 4 is 43.5 Å². The molecule has 1 N–H and O–H groups in total. The summed E-state index contributed by atoms with van der Waals surface area (Å²) in [4.78, 5) is 30.6. The van der Waals surface area contributed by atoms with Crippen LogP contribution in [0.4, 0.5) is 5.69 Å². The molecule has 1 saturated carbocycles. The minimum Gasteiger partial charge on any atom is -0.495 e. The predicted molar refractivity (Wildman–Crippen MR) is 192 cm³/mol. The molecule has 0 aliphatic heterocycles. The number of benzene rings is 4. The van der Waals surface area contributed by atoms with E-state index in [4.69, 9.17) is 4.74 Å². The van der Waals surface area contributed by atoms with Gasteiger partial charge in [-0.25, -0.2) is 8.42 Å². The SMILES string of the molecule is COc1ccccc1N(CC(=O)N(Cc1cccc(Br)c1)[C@@H](Cc1ccccc1)C(=O)NC1CCCCC1)S(=O)(=O)c1ccc(C)cc1. The summed E-state index contributed by atoms with van der Waals surface area (Å²) in [7, 11) is -2.78. The first-order valence-electron chi connectivity index (χ1n) is 16.3. The maximum Gasteiger partial charge on any atom is 0.264 e. The number of para-hydroxylation sites is 2. The standard InChI is InChI=1S/C38H42BrN3O5S/c1-28-20-22-33(23-21-28)48(45,46)42(34-18-9-10-19-36(34)47-2)27-37(43)41(26-30-14-11-15-31(39)24-30)35(25-29-12-5-3-6-13-29)38(44)40-32-16-7-4-8-17-32/h3,5-6,9-15,18-24,32,35H,4,7-8,16-17,25-27H2,1-2H3,(H,40,44)/t35-/m0/s1. The number of anilines is 1. The number of hydrogen-bond acceptors (Lipinski definition) is 5. The van der Waals surface area contributed by atoms with Gasteiger partial charge in [-0.3, -0.25) is 13.9 Å². The lowest BCUT2D eigenvalue weighted by atomic mass is 9.94. The van der Waals surface area contributed by atoms with Gasteiger partial charge in [0.25, 0.3) is 10.0 Å². The third-order valence-corrected chi connectivity index (χ3v) is 11.0. The number of nitrogens with one attached hydrogen (secondary N) is 1. The van der Waals surface area contributed by atoms with Crippen LogP contribution in [0.1, 0.15) is 48.8 Å². The second kappa shape index (κ2) is 16.3. The molecule has 0 saturated heterocycles. The molecule has 0 spiro atoms. The van der Waals surface area contributed by atoms with E-state index in [1.54, 1.807) is 36.4 Å². The van der Waals surface area contributed by atoms with Gasteiger partial charge < -0.3 is 15.0 Å². The molecule has 4 aromatic carbocycles. The van der Waals surface area contributed by atoms with Crippen LogP contribution >= 0.6 is 15.9 Å². The van der Waals surface area contributed by atoms with Gasteiger partial charge in [0.15, 0.2) is 0 Å². The van der Waals surface area contributed by atoms with Crippen molar-refractivity contribution in [1.29, 1.82) is 0 Å². The van der Waals surface area contributed by atoms with Crippen LogP contribution < -0.4 is 14.4 Å². The van der Waals surface area contributed by atoms with Gasteiger partial charge in [0.1, 0.15) is 18.3 Å². The van der Waals surface area contributed by atoms with E-state index in [1.165, 1.54) is 24.1 Å². The highest BCUT2D eigenvalue weighted by Crippen LogP contribution is 2.33. The van der Waals surface area contributed by atoms with Gasteiger partial charge in [0, 0.05) is 23.5 Å². The first-order chi connectivity index (χ1) is 23.2. The molecule has 4 aromatic rings. The summed E-state index contributed by atoms with van der Waals surface area (Å²) in [6, 6.07) is 29.5. The summed E-state index contributed by atoms with van der Waals surface area (Å²) < 4.78 is 36.2. The summed E-state index contributed by atoms with van der Waals surface area (Å²) in [5.74, 6) is -0.467. The van der Waals surface area contributed by atoms with Crippen molar-refractivity contribution in [2.45, 2.75) is 69.0 Å². The van der Waals surface area contributed by atoms with Gasteiger partial charge in [0.05, 0.1) is 17.7 Å². The Balaban J connectivity index is 1.58. The normalized spacial score (nSPS) is 14.1. The Kier molecular flexibility index (Phi) is 11.9. The van der Waals surface area contributed by atoms with E-state index in [2.05, 4.69) is 21.2 Å². The Labute approximate surface area is 292 Å². The van der Waals surface area contributed by atoms with Crippen LogP contribution in [0.5, 0.6) is 5.75 Å². The largest absolute Gasteiger partial charge is 0.495 e. The van der Waals surface area contributed by atoms with E-state index in [0.717, 1.165) is 57.6 Å². The summed E-state index contributed by atoms with van der Waals surface area (Å²) >= 11 is 3.53. The zero-order valence-electron chi connectivity index (χ0n) is 27.3. The first kappa shape index (κ1) is 35.2. The highest BCUT2D eigenvalue weighted by Gasteiger charge is 2.36. The van der Waals surface area contributed by atoms with E-state index < -0.39 is 28.5 Å². The number of nitrogens with zero attached hydrogens (tertiary/aromatic N) is 2. The number of sulfonamides is 1. The van der Waals surface area contributed by atoms with Crippen LogP contribution in [0.15, 0.2) is 112 Å². The Bertz CT molecular complexity index is 1790. The monoisotopic (exact) mass is 731 g/mol. The molecule has 10 heteroatoms. The molecule has 1 fully saturated rings. The molecule has 1 aliphatic carbocycles. The van der Waals surface area contributed by atoms with E-state index in [9.17, 15) is 18.0 Å². The van der Waals surface area contributed by atoms with Crippen molar-refractivity contribution < 1.29 is 22.7 Å². The summed E-state index contributed by atoms with van der Waals surface area (Å²) in [6.07, 6.45) is 5.26. The maximum atomic E-state index is 14.8. The van der Waals surface area contributed by atoms with Gasteiger partial charge in [-0.2, -0.15) is 0 Å². The average Bonchev–Trinajstić information content (AvgIpc) is 3.09. The summed E-state index contributed by atoms with van der Waals surface area (Å²) in [5.41, 5.74) is 2.82. The Morgan fingerprint density at radius 1 is 0.875 bits per heavy atom. The smallest absolute Gasteiger partial charge is 0.264 e. The van der Waals surface area contributed by atoms with Crippen molar-refractivity contribution in [2.75, 3.05) is 18.0 Å². The van der Waals surface area contributed by atoms with Crippen LogP contribution in [0.25, 0.3) is 0 Å². The number of ether oxygens (including phenoxy) is 1. The number of carbonyl (C=O) groups excluding carboxylic acids is 2. The summed E-state index contributed by atoms with van der Waals surface area (Å²) in [6.45, 7) is 1.42. The quantitative estimate of drug-likeness (QED) is 0.159. The van der Waals surface area contributed by atoms with Gasteiger partial charge in [-0.15, -0.1) is 0 Å². The molecule has 5 rings (SSSR count). The van der Waals surface area contributed by atoms with Crippen LogP contribution in [0.2, 0.25) is 0 Å². The number of halogens is 1. The third-order valence-electron chi connectivity index (χ3n) is 8.71. The first-order valence-corrected chi connectivity index (χ1v) is 18.5. The van der Waals surface area contributed by atoms with E-state index in [1.807, 2.05) is 61.5 Å². The molecule has 1 atom stereocenters. The molecule has 2 amide bonds. The molecule has 1 aliphatic rings. The molecule has 0 heterocycles. The van der Waals surface area contributed by atoms with Crippen molar-refractivity contribution in [3.05, 3.63) is 124 Å². The highest BCUT2D eigenvalue weighted by atomic mass is 79.9. The maximum absolute atomic E-state index is 14.8. The average molecular weight is 733 g/mol. The number of rotatable bonds is 13. The van der Waals surface area contributed by atoms with Crippen molar-refractivity contribution in [3.8, 4) is 5.75 Å². The fourth-order valence-electron chi connectivity index (χ4n) is 6.12. The highest BCUT2D eigenvalue weighted by molar-refractivity contribution is 9.10. The zero-order chi connectivity index (χ0) is 34.1. The molecule has 0 aromatic heterocycles. The molecule has 0 radical (unpaired) electrons. The van der Waals surface area contributed by atoms with Gasteiger partial charge in [-0.05, 0) is 67.3 Å². The van der Waals surface area contributed by atoms with Gasteiger partial charge >= 0.3 is 0 Å². The fourth-order valence-corrected chi connectivity index (χ4v) is 7.99. The number of methoxy groups -OCH3 is 1. The molecule has 252 valence electrons. The Morgan fingerprint density at radius 3 is 2.23 bits per heavy atom. The molecular formula is C38H42BrN3O5S. The van der Waals surface area contributed by atoms with Crippen molar-refractivity contribution in [2.24, 2.45) is 0 Å². The number of amides is 2. The second-order valence-electron chi connectivity index (χ2n) is 12.2. The molecular weight excluding hydrogens is 690 g/mol. The van der Waals surface area contributed by atoms with Crippen molar-refractivity contribution in [1.82, 2.24) is 10.2 Å². The van der Waals surface area contributed by atoms with Crippen molar-refractivity contribution in [3.63, 3.8) is 0 Å². The van der Waals surface area contributed by atoms with Crippen LogP contribution in [0.3, 0.4) is 0 Å². The molecule has 0 unspecified atom stereocenters. The van der Waals surface area contributed by atoms with Gasteiger partial charge in [-0.1, -0.05) is 107 Å². The van der Waals surface area contributed by atoms with Crippen LogP contribution in [-0.4, -0.2) is 50.9 Å². The Morgan fingerprint density at radius 2 is 1.54 bits per heavy atom. The number of hydrogen-bond donors (Lipinski definition) is 1. The van der Waals surface area contributed by atoms with Crippen LogP contribution in [0, 0.1) is 6.92 Å². The minimum absolute atomic E-state index is 0.0272. The summed E-state index contributed by atoms with van der Waals surface area (Å²) in [5, 5.41) is 3.24. The lowest BCUT2D eigenvalue weighted by Crippen LogP contribution is -2.55. The number of aryl methyl sites for hydroxylation is 1. The minimum atomic E-state index is -4.24. The number of carbonyl (C=O) groups is 2. The second-order valence-corrected chi connectivity index (χ2v) is 15.0. The zero-order valence-corrected chi connectivity index (χ0v) is 29.8. The topological polar surface area (TPSA) is 96.0 Å². The van der Waals surface area contributed by atoms with E-state index >= 15 is 0 Å². The molecule has 0 bridgehead atoms. The van der Waals surface area contributed by atoms with Gasteiger partial charge in [0.2, 0.25) is 11.8 Å². The fraction of sp³-hybridized carbons (Fsp3) is 0.316. The molecule has 48 heavy (non-hydrogen) atoms. The lowest BCUT2D eigenvalue weighted by molar-refractivity contribution is -0.140. The lowest BCUT2D eigenvalue weighted by Gasteiger charge is -2.35. The predicted octanol–water partition coefficient (Wildman–Crippen LogP) is 7.05. The molecule has 8 nitrogen and oxygen atoms in total. The van der Waals surface area contributed by atoms with E-state index in [0.29, 0.717) is 5.75 Å². The third kappa shape index (κ3) is 8.85. The van der Waals surface area contributed by atoms with E-state index in [-0.39, 0.29) is 35.5 Å². The Hall–Kier alpha value is -4.15.